The van der Waals surface area contributed by atoms with Crippen molar-refractivity contribution in [2.75, 3.05) is 5.32 Å². The van der Waals surface area contributed by atoms with Crippen molar-refractivity contribution in [3.63, 3.8) is 0 Å². The van der Waals surface area contributed by atoms with E-state index >= 15 is 0 Å². The van der Waals surface area contributed by atoms with E-state index in [1.54, 1.807) is 11.8 Å². The van der Waals surface area contributed by atoms with Crippen molar-refractivity contribution in [1.82, 2.24) is 0 Å². The zero-order valence-corrected chi connectivity index (χ0v) is 14.4. The molecule has 0 saturated carbocycles. The summed E-state index contributed by atoms with van der Waals surface area (Å²) in [6.45, 7) is 4.25. The Morgan fingerprint density at radius 2 is 1.90 bits per heavy atom. The topological polar surface area (TPSA) is 29.1 Å². The Bertz CT molecular complexity index is 613. The molecule has 0 bridgehead atoms. The highest BCUT2D eigenvalue weighted by Gasteiger charge is 2.12. The molecule has 0 atom stereocenters. The molecule has 0 fully saturated rings. The van der Waals surface area contributed by atoms with Gasteiger partial charge in [0.05, 0.1) is 5.56 Å². The van der Waals surface area contributed by atoms with Crippen LogP contribution in [0.3, 0.4) is 0 Å². The lowest BCUT2D eigenvalue weighted by molar-refractivity contribution is 0.102. The number of anilines is 1. The molecule has 0 spiro atoms. The van der Waals surface area contributed by atoms with Crippen LogP contribution in [0.25, 0.3) is 0 Å². The zero-order valence-electron chi connectivity index (χ0n) is 11.4. The van der Waals surface area contributed by atoms with Gasteiger partial charge in [-0.15, -0.1) is 11.8 Å². The third-order valence-electron chi connectivity index (χ3n) is 2.58. The number of carbonyl (C=O) groups excluding carboxylic acids is 1. The van der Waals surface area contributed by atoms with Crippen LogP contribution in [-0.2, 0) is 0 Å². The summed E-state index contributed by atoms with van der Waals surface area (Å²) in [6.07, 6.45) is 0. The minimum Gasteiger partial charge on any atom is -0.322 e. The Hall–Kier alpha value is -1.01. The highest BCUT2D eigenvalue weighted by atomic mass is 127. The smallest absolute Gasteiger partial charge is 0.256 e. The summed E-state index contributed by atoms with van der Waals surface area (Å²) in [6, 6.07) is 15.5. The van der Waals surface area contributed by atoms with Crippen molar-refractivity contribution in [3.05, 3.63) is 57.7 Å². The van der Waals surface area contributed by atoms with Gasteiger partial charge in [0.1, 0.15) is 0 Å². The van der Waals surface area contributed by atoms with Gasteiger partial charge in [0.2, 0.25) is 0 Å². The maximum Gasteiger partial charge on any atom is 0.256 e. The summed E-state index contributed by atoms with van der Waals surface area (Å²) >= 11 is 3.94. The zero-order chi connectivity index (χ0) is 14.5. The van der Waals surface area contributed by atoms with Crippen LogP contribution >= 0.6 is 34.4 Å². The van der Waals surface area contributed by atoms with Crippen molar-refractivity contribution < 1.29 is 4.79 Å². The third-order valence-corrected chi connectivity index (χ3v) is 4.33. The maximum atomic E-state index is 12.4. The average Bonchev–Trinajstić information content (AvgIpc) is 2.38. The van der Waals surface area contributed by atoms with Gasteiger partial charge in [0.15, 0.2) is 0 Å². The molecule has 2 rings (SSSR count). The minimum absolute atomic E-state index is 0.0595. The SMILES string of the molecule is CC(C)Sc1ccccc1C(=O)Nc1cccc(I)c1. The van der Waals surface area contributed by atoms with Crippen molar-refractivity contribution in [2.24, 2.45) is 0 Å². The number of rotatable bonds is 4. The molecule has 4 heteroatoms. The second-order valence-electron chi connectivity index (χ2n) is 4.63. The van der Waals surface area contributed by atoms with Crippen LogP contribution in [0.4, 0.5) is 5.69 Å². The molecule has 0 aromatic heterocycles. The Morgan fingerprint density at radius 3 is 2.60 bits per heavy atom. The van der Waals surface area contributed by atoms with Crippen LogP contribution in [0.15, 0.2) is 53.4 Å². The predicted octanol–water partition coefficient (Wildman–Crippen LogP) is 5.04. The van der Waals surface area contributed by atoms with Gasteiger partial charge in [-0.3, -0.25) is 4.79 Å². The number of halogens is 1. The molecule has 0 saturated heterocycles. The lowest BCUT2D eigenvalue weighted by Crippen LogP contribution is -2.13. The molecule has 20 heavy (non-hydrogen) atoms. The van der Waals surface area contributed by atoms with Gasteiger partial charge in [-0.1, -0.05) is 32.0 Å². The van der Waals surface area contributed by atoms with Crippen molar-refractivity contribution in [1.29, 1.82) is 0 Å². The van der Waals surface area contributed by atoms with Gasteiger partial charge in [0, 0.05) is 19.4 Å². The fraction of sp³-hybridized carbons (Fsp3) is 0.188. The van der Waals surface area contributed by atoms with E-state index in [1.807, 2.05) is 48.5 Å². The Balaban J connectivity index is 2.21. The van der Waals surface area contributed by atoms with Gasteiger partial charge < -0.3 is 5.32 Å². The monoisotopic (exact) mass is 397 g/mol. The molecular formula is C16H16INOS. The summed E-state index contributed by atoms with van der Waals surface area (Å²) in [5.41, 5.74) is 1.55. The van der Waals surface area contributed by atoms with Crippen molar-refractivity contribution in [3.8, 4) is 0 Å². The van der Waals surface area contributed by atoms with Crippen LogP contribution in [0, 0.1) is 3.57 Å². The van der Waals surface area contributed by atoms with Crippen LogP contribution < -0.4 is 5.32 Å². The standard InChI is InChI=1S/C16H16INOS/c1-11(2)20-15-9-4-3-8-14(15)16(19)18-13-7-5-6-12(17)10-13/h3-11H,1-2H3,(H,18,19). The molecule has 0 aliphatic rings. The van der Waals surface area contributed by atoms with Crippen molar-refractivity contribution >= 4 is 45.9 Å². The summed E-state index contributed by atoms with van der Waals surface area (Å²) in [4.78, 5) is 13.4. The minimum atomic E-state index is -0.0595. The van der Waals surface area contributed by atoms with Gasteiger partial charge in [-0.25, -0.2) is 0 Å². The summed E-state index contributed by atoms with van der Waals surface area (Å²) in [7, 11) is 0. The first-order valence-corrected chi connectivity index (χ1v) is 8.34. The molecule has 104 valence electrons. The molecule has 0 radical (unpaired) electrons. The molecule has 0 heterocycles. The number of thioether (sulfide) groups is 1. The Labute approximate surface area is 137 Å². The molecule has 1 N–H and O–H groups in total. The van der Waals surface area contributed by atoms with Gasteiger partial charge >= 0.3 is 0 Å². The fourth-order valence-electron chi connectivity index (χ4n) is 1.78. The van der Waals surface area contributed by atoms with Crippen LogP contribution in [0.5, 0.6) is 0 Å². The quantitative estimate of drug-likeness (QED) is 0.578. The highest BCUT2D eigenvalue weighted by Crippen LogP contribution is 2.27. The second-order valence-corrected chi connectivity index (χ2v) is 7.49. The molecule has 0 aliphatic heterocycles. The maximum absolute atomic E-state index is 12.4. The van der Waals surface area contributed by atoms with E-state index in [2.05, 4.69) is 41.8 Å². The fourth-order valence-corrected chi connectivity index (χ4v) is 3.27. The van der Waals surface area contributed by atoms with Crippen LogP contribution in [0.2, 0.25) is 0 Å². The predicted molar refractivity (Wildman–Crippen MR) is 94.5 cm³/mol. The normalized spacial score (nSPS) is 10.6. The summed E-state index contributed by atoms with van der Waals surface area (Å²) < 4.78 is 1.10. The molecule has 0 aliphatic carbocycles. The first kappa shape index (κ1) is 15.4. The van der Waals surface area contributed by atoms with Gasteiger partial charge in [0.25, 0.3) is 5.91 Å². The highest BCUT2D eigenvalue weighted by molar-refractivity contribution is 14.1. The third kappa shape index (κ3) is 4.24. The number of amides is 1. The van der Waals surface area contributed by atoms with Crippen LogP contribution in [-0.4, -0.2) is 11.2 Å². The lowest BCUT2D eigenvalue weighted by atomic mass is 10.2. The van der Waals surface area contributed by atoms with E-state index in [4.69, 9.17) is 0 Å². The van der Waals surface area contributed by atoms with E-state index in [0.717, 1.165) is 19.7 Å². The number of hydrogen-bond donors (Lipinski definition) is 1. The second kappa shape index (κ2) is 7.13. The average molecular weight is 397 g/mol. The number of nitrogens with one attached hydrogen (secondary N) is 1. The van der Waals surface area contributed by atoms with Gasteiger partial charge in [-0.05, 0) is 52.9 Å². The van der Waals surface area contributed by atoms with Crippen molar-refractivity contribution in [2.45, 2.75) is 24.0 Å². The Kier molecular flexibility index (Phi) is 5.48. The Morgan fingerprint density at radius 1 is 1.15 bits per heavy atom. The van der Waals surface area contributed by atoms with E-state index in [0.29, 0.717) is 5.25 Å². The number of carbonyl (C=O) groups is 1. The first-order valence-electron chi connectivity index (χ1n) is 6.39. The summed E-state index contributed by atoms with van der Waals surface area (Å²) in [5, 5.41) is 3.40. The van der Waals surface area contributed by atoms with E-state index in [-0.39, 0.29) is 5.91 Å². The number of benzene rings is 2. The lowest BCUT2D eigenvalue weighted by Gasteiger charge is -2.11. The molecule has 0 unspecified atom stereocenters. The summed E-state index contributed by atoms with van der Waals surface area (Å²) in [5.74, 6) is -0.0595. The largest absolute Gasteiger partial charge is 0.322 e. The van der Waals surface area contributed by atoms with E-state index in [1.165, 1.54) is 0 Å². The molecule has 2 aromatic carbocycles. The molecule has 2 aromatic rings. The van der Waals surface area contributed by atoms with Crippen LogP contribution in [0.1, 0.15) is 24.2 Å². The molecule has 2 nitrogen and oxygen atoms in total. The number of hydrogen-bond acceptors (Lipinski definition) is 2. The van der Waals surface area contributed by atoms with E-state index < -0.39 is 0 Å². The van der Waals surface area contributed by atoms with Gasteiger partial charge in [-0.2, -0.15) is 0 Å². The molecular weight excluding hydrogens is 381 g/mol. The molecule has 1 amide bonds. The van der Waals surface area contributed by atoms with E-state index in [9.17, 15) is 4.79 Å². The first-order chi connectivity index (χ1) is 9.56.